The van der Waals surface area contributed by atoms with E-state index in [1.165, 1.54) is 0 Å². The molecule has 1 atom stereocenters. The number of hydrogen-bond donors (Lipinski definition) is 1. The molecule has 0 aliphatic heterocycles. The van der Waals surface area contributed by atoms with E-state index in [2.05, 4.69) is 18.8 Å². The van der Waals surface area contributed by atoms with Crippen LogP contribution in [0.3, 0.4) is 0 Å². The summed E-state index contributed by atoms with van der Waals surface area (Å²) in [7, 11) is -1.04. The summed E-state index contributed by atoms with van der Waals surface area (Å²) in [5, 5.41) is 2.61. The Morgan fingerprint density at radius 3 is 2.78 bits per heavy atom. The molecule has 0 aromatic carbocycles. The van der Waals surface area contributed by atoms with Crippen molar-refractivity contribution in [2.45, 2.75) is 39.7 Å². The standard InChI is InChI=1S/C13H24NO3P/c1-5-6-7-8-13(4)17-18(16-12(2)3)10-9-14-11-15/h7-8,11-12H,4-6,9-10H2,1-3H3,(H,14,15)/b8-7-. The summed E-state index contributed by atoms with van der Waals surface area (Å²) in [6, 6.07) is 0. The van der Waals surface area contributed by atoms with E-state index in [1.807, 2.05) is 26.0 Å². The summed E-state index contributed by atoms with van der Waals surface area (Å²) >= 11 is 0. The van der Waals surface area contributed by atoms with E-state index in [4.69, 9.17) is 9.05 Å². The third-order valence-electron chi connectivity index (χ3n) is 1.83. The van der Waals surface area contributed by atoms with Gasteiger partial charge in [0, 0.05) is 12.7 Å². The summed E-state index contributed by atoms with van der Waals surface area (Å²) in [6.07, 6.45) is 7.46. The first kappa shape index (κ1) is 17.1. The molecule has 0 bridgehead atoms. The predicted octanol–water partition coefficient (Wildman–Crippen LogP) is 3.36. The molecule has 0 saturated heterocycles. The van der Waals surface area contributed by atoms with Crippen molar-refractivity contribution in [1.82, 2.24) is 5.32 Å². The Morgan fingerprint density at radius 1 is 1.50 bits per heavy atom. The second-order valence-corrected chi connectivity index (χ2v) is 5.54. The molecule has 1 N–H and O–H groups in total. The van der Waals surface area contributed by atoms with Crippen LogP contribution < -0.4 is 5.32 Å². The van der Waals surface area contributed by atoms with Gasteiger partial charge in [0.25, 0.3) is 0 Å². The van der Waals surface area contributed by atoms with Crippen LogP contribution in [0.1, 0.15) is 33.6 Å². The van der Waals surface area contributed by atoms with E-state index in [0.717, 1.165) is 12.8 Å². The fourth-order valence-electron chi connectivity index (χ4n) is 1.11. The largest absolute Gasteiger partial charge is 0.448 e. The molecule has 1 unspecified atom stereocenters. The minimum absolute atomic E-state index is 0.0970. The Bertz CT molecular complexity index is 267. The molecule has 5 heteroatoms. The third kappa shape index (κ3) is 10.3. The fraction of sp³-hybridized carbons (Fsp3) is 0.615. The highest BCUT2D eigenvalue weighted by atomic mass is 31.2. The number of hydrogen-bond acceptors (Lipinski definition) is 3. The molecular formula is C13H24NO3P. The SMILES string of the molecule is C=C(/C=C\CCC)OP(CCNC=O)OC(C)C. The molecule has 0 aliphatic rings. The van der Waals surface area contributed by atoms with E-state index < -0.39 is 8.38 Å². The van der Waals surface area contributed by atoms with E-state index in [0.29, 0.717) is 24.9 Å². The minimum Gasteiger partial charge on any atom is -0.448 e. The molecule has 0 saturated carbocycles. The maximum atomic E-state index is 10.2. The van der Waals surface area contributed by atoms with Crippen molar-refractivity contribution >= 4 is 14.8 Å². The Labute approximate surface area is 111 Å². The average Bonchev–Trinajstić information content (AvgIpc) is 2.28. The van der Waals surface area contributed by atoms with Gasteiger partial charge in [-0.2, -0.15) is 0 Å². The quantitative estimate of drug-likeness (QED) is 0.206. The molecule has 0 spiro atoms. The third-order valence-corrected chi connectivity index (χ3v) is 3.51. The van der Waals surface area contributed by atoms with Crippen LogP contribution in [0.4, 0.5) is 0 Å². The van der Waals surface area contributed by atoms with E-state index >= 15 is 0 Å². The highest BCUT2D eigenvalue weighted by Gasteiger charge is 2.13. The van der Waals surface area contributed by atoms with Gasteiger partial charge in [0.05, 0.1) is 6.10 Å². The molecule has 0 radical (unpaired) electrons. The molecule has 0 aromatic rings. The van der Waals surface area contributed by atoms with Crippen LogP contribution >= 0.6 is 8.38 Å². The van der Waals surface area contributed by atoms with Crippen molar-refractivity contribution in [2.75, 3.05) is 12.7 Å². The summed E-state index contributed by atoms with van der Waals surface area (Å²) in [4.78, 5) is 10.2. The molecule has 0 fully saturated rings. The van der Waals surface area contributed by atoms with Gasteiger partial charge in [-0.05, 0) is 26.3 Å². The number of rotatable bonds is 11. The van der Waals surface area contributed by atoms with Gasteiger partial charge in [-0.15, -0.1) is 0 Å². The zero-order valence-electron chi connectivity index (χ0n) is 11.5. The van der Waals surface area contributed by atoms with Gasteiger partial charge in [0.2, 0.25) is 14.8 Å². The minimum atomic E-state index is -1.04. The van der Waals surface area contributed by atoms with E-state index in [9.17, 15) is 4.79 Å². The number of amides is 1. The van der Waals surface area contributed by atoms with Crippen LogP contribution in [-0.4, -0.2) is 25.2 Å². The lowest BCUT2D eigenvalue weighted by Crippen LogP contribution is -2.16. The molecule has 0 aliphatic carbocycles. The number of carbonyl (C=O) groups is 1. The first-order chi connectivity index (χ1) is 8.60. The molecule has 104 valence electrons. The summed E-state index contributed by atoms with van der Waals surface area (Å²) < 4.78 is 11.3. The normalized spacial score (nSPS) is 12.7. The van der Waals surface area contributed by atoms with Crippen molar-refractivity contribution in [3.05, 3.63) is 24.5 Å². The van der Waals surface area contributed by atoms with Crippen molar-refractivity contribution in [3.63, 3.8) is 0 Å². The van der Waals surface area contributed by atoms with Crippen molar-refractivity contribution in [2.24, 2.45) is 0 Å². The maximum absolute atomic E-state index is 10.2. The predicted molar refractivity (Wildman–Crippen MR) is 76.3 cm³/mol. The number of unbranched alkanes of at least 4 members (excludes halogenated alkanes) is 1. The Hall–Kier alpha value is -0.860. The zero-order valence-corrected chi connectivity index (χ0v) is 12.4. The Morgan fingerprint density at radius 2 is 2.22 bits per heavy atom. The molecule has 4 nitrogen and oxygen atoms in total. The van der Waals surface area contributed by atoms with Gasteiger partial charge in [0.1, 0.15) is 5.76 Å². The molecule has 0 rings (SSSR count). The molecule has 0 aromatic heterocycles. The van der Waals surface area contributed by atoms with E-state index in [-0.39, 0.29) is 6.10 Å². The molecule has 18 heavy (non-hydrogen) atoms. The second kappa shape index (κ2) is 11.2. The second-order valence-electron chi connectivity index (χ2n) is 4.03. The van der Waals surface area contributed by atoms with Crippen molar-refractivity contribution in [1.29, 1.82) is 0 Å². The van der Waals surface area contributed by atoms with Gasteiger partial charge in [0.15, 0.2) is 0 Å². The van der Waals surface area contributed by atoms with E-state index in [1.54, 1.807) is 0 Å². The van der Waals surface area contributed by atoms with Crippen LogP contribution in [-0.2, 0) is 13.8 Å². The smallest absolute Gasteiger partial charge is 0.232 e. The summed E-state index contributed by atoms with van der Waals surface area (Å²) in [5.74, 6) is 0.612. The summed E-state index contributed by atoms with van der Waals surface area (Å²) in [5.41, 5.74) is 0. The molecule has 0 heterocycles. The Balaban J connectivity index is 4.12. The number of nitrogens with one attached hydrogen (secondary N) is 1. The monoisotopic (exact) mass is 273 g/mol. The van der Waals surface area contributed by atoms with Gasteiger partial charge >= 0.3 is 0 Å². The summed E-state index contributed by atoms with van der Waals surface area (Å²) in [6.45, 7) is 10.4. The average molecular weight is 273 g/mol. The van der Waals surface area contributed by atoms with Crippen LogP contribution in [0.2, 0.25) is 0 Å². The van der Waals surface area contributed by atoms with Crippen LogP contribution in [0, 0.1) is 0 Å². The Kier molecular flexibility index (Phi) is 10.7. The van der Waals surface area contributed by atoms with Crippen molar-refractivity contribution < 1.29 is 13.8 Å². The molecule has 1 amide bonds. The highest BCUT2D eigenvalue weighted by molar-refractivity contribution is 7.47. The van der Waals surface area contributed by atoms with Gasteiger partial charge in [-0.1, -0.05) is 26.0 Å². The van der Waals surface area contributed by atoms with Crippen LogP contribution in [0.5, 0.6) is 0 Å². The lowest BCUT2D eigenvalue weighted by molar-refractivity contribution is -0.109. The lowest BCUT2D eigenvalue weighted by atomic mass is 10.3. The number of carbonyl (C=O) groups excluding carboxylic acids is 1. The fourth-order valence-corrected chi connectivity index (χ4v) is 2.46. The van der Waals surface area contributed by atoms with Crippen molar-refractivity contribution in [3.8, 4) is 0 Å². The van der Waals surface area contributed by atoms with Crippen LogP contribution in [0.15, 0.2) is 24.5 Å². The molecular weight excluding hydrogens is 249 g/mol. The first-order valence-corrected chi connectivity index (χ1v) is 7.61. The number of allylic oxidation sites excluding steroid dienone is 2. The topological polar surface area (TPSA) is 47.6 Å². The maximum Gasteiger partial charge on any atom is 0.232 e. The van der Waals surface area contributed by atoms with Gasteiger partial charge in [-0.25, -0.2) is 0 Å². The lowest BCUT2D eigenvalue weighted by Gasteiger charge is -2.20. The van der Waals surface area contributed by atoms with Crippen LogP contribution in [0.25, 0.3) is 0 Å². The first-order valence-electron chi connectivity index (χ1n) is 6.24. The highest BCUT2D eigenvalue weighted by Crippen LogP contribution is 2.41. The zero-order chi connectivity index (χ0) is 13.8. The van der Waals surface area contributed by atoms with Gasteiger partial charge in [-0.3, -0.25) is 4.79 Å². The van der Waals surface area contributed by atoms with Gasteiger partial charge < -0.3 is 14.4 Å².